The molecule has 94 valence electrons. The second kappa shape index (κ2) is 4.87. The number of alkyl halides is 3. The molecule has 0 radical (unpaired) electrons. The molecule has 0 unspecified atom stereocenters. The van der Waals surface area contributed by atoms with Crippen molar-refractivity contribution >= 4 is 22.6 Å². The Morgan fingerprint density at radius 2 is 1.67 bits per heavy atom. The van der Waals surface area contributed by atoms with Crippen LogP contribution in [0.4, 0.5) is 17.6 Å². The monoisotopic (exact) mass is 366 g/mol. The topological polar surface area (TPSA) is 0 Å². The van der Waals surface area contributed by atoms with E-state index in [1.54, 1.807) is 6.07 Å². The number of hydrogen-bond acceptors (Lipinski definition) is 0. The summed E-state index contributed by atoms with van der Waals surface area (Å²) in [4.78, 5) is 0. The molecule has 18 heavy (non-hydrogen) atoms. The molecule has 2 aromatic rings. The van der Waals surface area contributed by atoms with Crippen LogP contribution in [0.5, 0.6) is 0 Å². The molecule has 0 saturated carbocycles. The highest BCUT2D eigenvalue weighted by Crippen LogP contribution is 2.37. The third-order valence-corrected chi connectivity index (χ3v) is 3.09. The van der Waals surface area contributed by atoms with Crippen molar-refractivity contribution in [3.8, 4) is 11.1 Å². The Labute approximate surface area is 115 Å². The highest BCUT2D eigenvalue weighted by atomic mass is 127. The minimum Gasteiger partial charge on any atom is -0.207 e. The number of rotatable bonds is 1. The minimum absolute atomic E-state index is 0.0117. The van der Waals surface area contributed by atoms with Crippen LogP contribution in [-0.4, -0.2) is 0 Å². The first-order chi connectivity index (χ1) is 8.38. The van der Waals surface area contributed by atoms with Gasteiger partial charge >= 0.3 is 6.18 Å². The van der Waals surface area contributed by atoms with Crippen LogP contribution in [0.3, 0.4) is 0 Å². The van der Waals surface area contributed by atoms with Gasteiger partial charge in [-0.2, -0.15) is 13.2 Å². The lowest BCUT2D eigenvalue weighted by molar-refractivity contribution is -0.137. The molecule has 0 aromatic heterocycles. The summed E-state index contributed by atoms with van der Waals surface area (Å²) < 4.78 is 52.3. The summed E-state index contributed by atoms with van der Waals surface area (Å²) in [6, 6.07) is 9.13. The summed E-state index contributed by atoms with van der Waals surface area (Å²) in [6.07, 6.45) is -4.46. The Hall–Kier alpha value is -1.11. The van der Waals surface area contributed by atoms with Crippen LogP contribution in [0.25, 0.3) is 11.1 Å². The predicted molar refractivity (Wildman–Crippen MR) is 69.6 cm³/mol. The zero-order valence-corrected chi connectivity index (χ0v) is 11.1. The molecule has 5 heteroatoms. The quantitative estimate of drug-likeness (QED) is 0.486. The average Bonchev–Trinajstić information content (AvgIpc) is 2.27. The Kier molecular flexibility index (Phi) is 3.61. The lowest BCUT2D eigenvalue weighted by Gasteiger charge is -2.13. The zero-order valence-electron chi connectivity index (χ0n) is 8.93. The fraction of sp³-hybridized carbons (Fsp3) is 0.0769. The maximum Gasteiger partial charge on any atom is 0.417 e. The lowest BCUT2D eigenvalue weighted by atomic mass is 9.99. The third-order valence-electron chi connectivity index (χ3n) is 2.42. The van der Waals surface area contributed by atoms with Crippen molar-refractivity contribution in [2.24, 2.45) is 0 Å². The van der Waals surface area contributed by atoms with Crippen molar-refractivity contribution in [2.45, 2.75) is 6.18 Å². The van der Waals surface area contributed by atoms with E-state index < -0.39 is 17.6 Å². The van der Waals surface area contributed by atoms with E-state index in [0.29, 0.717) is 3.57 Å². The normalized spacial score (nSPS) is 11.6. The van der Waals surface area contributed by atoms with Gasteiger partial charge in [-0.05, 0) is 58.0 Å². The van der Waals surface area contributed by atoms with E-state index in [0.717, 1.165) is 12.1 Å². The van der Waals surface area contributed by atoms with E-state index in [2.05, 4.69) is 0 Å². The number of hydrogen-bond donors (Lipinski definition) is 0. The van der Waals surface area contributed by atoms with Crippen LogP contribution >= 0.6 is 22.6 Å². The lowest BCUT2D eigenvalue weighted by Crippen LogP contribution is -2.07. The van der Waals surface area contributed by atoms with Crippen molar-refractivity contribution in [3.05, 3.63) is 57.4 Å². The molecule has 0 fully saturated rings. The third kappa shape index (κ3) is 2.82. The molecule has 0 saturated heterocycles. The summed E-state index contributed by atoms with van der Waals surface area (Å²) in [5.41, 5.74) is -0.541. The molecule has 0 nitrogen and oxygen atoms in total. The van der Waals surface area contributed by atoms with Gasteiger partial charge in [0.2, 0.25) is 0 Å². The molecule has 0 amide bonds. The van der Waals surface area contributed by atoms with Crippen molar-refractivity contribution in [2.75, 3.05) is 0 Å². The summed E-state index contributed by atoms with van der Waals surface area (Å²) in [6.45, 7) is 0. The zero-order chi connectivity index (χ0) is 13.3. The van der Waals surface area contributed by atoms with E-state index >= 15 is 0 Å². The second-order valence-corrected chi connectivity index (χ2v) is 4.94. The van der Waals surface area contributed by atoms with Crippen LogP contribution in [-0.2, 0) is 6.18 Å². The van der Waals surface area contributed by atoms with Gasteiger partial charge in [0.15, 0.2) is 0 Å². The Bertz CT molecular complexity index is 575. The van der Waals surface area contributed by atoms with E-state index in [1.807, 2.05) is 22.6 Å². The Balaban J connectivity index is 2.64. The highest BCUT2D eigenvalue weighted by molar-refractivity contribution is 14.1. The van der Waals surface area contributed by atoms with E-state index in [4.69, 9.17) is 0 Å². The van der Waals surface area contributed by atoms with Crippen molar-refractivity contribution in [1.29, 1.82) is 0 Å². The SMILES string of the molecule is Fc1cccc(-c2ccc(I)cc2C(F)(F)F)c1. The molecule has 0 N–H and O–H groups in total. The summed E-state index contributed by atoms with van der Waals surface area (Å²) in [5.74, 6) is -0.556. The molecule has 0 aliphatic carbocycles. The first kappa shape index (κ1) is 13.3. The van der Waals surface area contributed by atoms with Gasteiger partial charge in [0.1, 0.15) is 5.82 Å². The van der Waals surface area contributed by atoms with Crippen LogP contribution in [0.15, 0.2) is 42.5 Å². The van der Waals surface area contributed by atoms with Gasteiger partial charge in [0.05, 0.1) is 5.56 Å². The van der Waals surface area contributed by atoms with Gasteiger partial charge in [-0.15, -0.1) is 0 Å². The molecular weight excluding hydrogens is 359 g/mol. The van der Waals surface area contributed by atoms with E-state index in [-0.39, 0.29) is 11.1 Å². The van der Waals surface area contributed by atoms with Crippen molar-refractivity contribution in [3.63, 3.8) is 0 Å². The molecular formula is C13H7F4I. The van der Waals surface area contributed by atoms with Crippen LogP contribution < -0.4 is 0 Å². The fourth-order valence-electron chi connectivity index (χ4n) is 1.66. The van der Waals surface area contributed by atoms with Gasteiger partial charge in [-0.3, -0.25) is 0 Å². The van der Waals surface area contributed by atoms with Crippen molar-refractivity contribution < 1.29 is 17.6 Å². The Morgan fingerprint density at radius 1 is 0.944 bits per heavy atom. The second-order valence-electron chi connectivity index (χ2n) is 3.70. The summed E-state index contributed by atoms with van der Waals surface area (Å²) in [7, 11) is 0. The number of halogens is 5. The maximum absolute atomic E-state index is 13.1. The van der Waals surface area contributed by atoms with Gasteiger partial charge in [-0.1, -0.05) is 18.2 Å². The largest absolute Gasteiger partial charge is 0.417 e. The number of benzene rings is 2. The standard InChI is InChI=1S/C13H7F4I/c14-9-3-1-2-8(6-9)11-5-4-10(18)7-12(11)13(15,16)17/h1-7H. The van der Waals surface area contributed by atoms with Gasteiger partial charge in [0.25, 0.3) is 0 Å². The van der Waals surface area contributed by atoms with Crippen LogP contribution in [0.2, 0.25) is 0 Å². The van der Waals surface area contributed by atoms with Crippen molar-refractivity contribution in [1.82, 2.24) is 0 Å². The smallest absolute Gasteiger partial charge is 0.207 e. The molecule has 0 aliphatic rings. The summed E-state index contributed by atoms with van der Waals surface area (Å²) in [5, 5.41) is 0. The highest BCUT2D eigenvalue weighted by Gasteiger charge is 2.33. The first-order valence-electron chi connectivity index (χ1n) is 5.00. The van der Waals surface area contributed by atoms with Gasteiger partial charge < -0.3 is 0 Å². The van der Waals surface area contributed by atoms with Gasteiger partial charge in [-0.25, -0.2) is 4.39 Å². The van der Waals surface area contributed by atoms with Gasteiger partial charge in [0, 0.05) is 3.57 Å². The predicted octanol–water partition coefficient (Wildman–Crippen LogP) is 5.12. The van der Waals surface area contributed by atoms with E-state index in [1.165, 1.54) is 24.3 Å². The Morgan fingerprint density at radius 3 is 2.28 bits per heavy atom. The van der Waals surface area contributed by atoms with Crippen LogP contribution in [0, 0.1) is 9.39 Å². The molecule has 0 spiro atoms. The summed E-state index contributed by atoms with van der Waals surface area (Å²) >= 11 is 1.81. The van der Waals surface area contributed by atoms with E-state index in [9.17, 15) is 17.6 Å². The average molecular weight is 366 g/mol. The molecule has 2 aromatic carbocycles. The first-order valence-corrected chi connectivity index (χ1v) is 6.08. The molecule has 0 atom stereocenters. The fourth-order valence-corrected chi connectivity index (χ4v) is 2.15. The molecule has 2 rings (SSSR count). The van der Waals surface area contributed by atoms with Crippen LogP contribution in [0.1, 0.15) is 5.56 Å². The molecule has 0 aliphatic heterocycles. The molecule has 0 heterocycles. The molecule has 0 bridgehead atoms. The maximum atomic E-state index is 13.1. The minimum atomic E-state index is -4.46.